The van der Waals surface area contributed by atoms with Crippen LogP contribution in [0.5, 0.6) is 11.8 Å². The second-order valence-electron chi connectivity index (χ2n) is 7.73. The number of hydrogen-bond acceptors (Lipinski definition) is 6. The SMILES string of the molecule is Cc1nn(-c2ccccc2)c2c1[C@@H](c1ccccc1)c1c(ncn3nc(C)c(=O)nc13)O2. The molecular formula is C24H18N6O2. The molecule has 0 unspecified atom stereocenters. The summed E-state index contributed by atoms with van der Waals surface area (Å²) >= 11 is 0. The Morgan fingerprint density at radius 2 is 1.59 bits per heavy atom. The molecule has 3 aromatic heterocycles. The van der Waals surface area contributed by atoms with E-state index in [0.717, 1.165) is 22.5 Å². The summed E-state index contributed by atoms with van der Waals surface area (Å²) in [6.45, 7) is 3.60. The quantitative estimate of drug-likeness (QED) is 0.424. The molecule has 0 saturated heterocycles. The van der Waals surface area contributed by atoms with E-state index in [4.69, 9.17) is 9.84 Å². The molecule has 0 spiro atoms. The molecule has 0 amide bonds. The van der Waals surface area contributed by atoms with Crippen LogP contribution in [0.1, 0.15) is 34.0 Å². The van der Waals surface area contributed by atoms with E-state index in [1.54, 1.807) is 11.6 Å². The van der Waals surface area contributed by atoms with Crippen molar-refractivity contribution in [2.24, 2.45) is 0 Å². The minimum atomic E-state index is -0.368. The summed E-state index contributed by atoms with van der Waals surface area (Å²) < 4.78 is 9.65. The molecular weight excluding hydrogens is 404 g/mol. The van der Waals surface area contributed by atoms with Gasteiger partial charge in [0, 0.05) is 0 Å². The fourth-order valence-corrected chi connectivity index (χ4v) is 4.26. The molecule has 0 radical (unpaired) electrons. The van der Waals surface area contributed by atoms with Crippen LogP contribution in [-0.4, -0.2) is 29.4 Å². The molecule has 156 valence electrons. The Kier molecular flexibility index (Phi) is 3.94. The maximum absolute atomic E-state index is 12.4. The first-order valence-electron chi connectivity index (χ1n) is 10.3. The third kappa shape index (κ3) is 2.66. The van der Waals surface area contributed by atoms with Gasteiger partial charge < -0.3 is 4.74 Å². The second-order valence-corrected chi connectivity index (χ2v) is 7.73. The first-order chi connectivity index (χ1) is 15.6. The molecule has 1 atom stereocenters. The first-order valence-corrected chi connectivity index (χ1v) is 10.3. The smallest absolute Gasteiger partial charge is 0.294 e. The predicted octanol–water partition coefficient (Wildman–Crippen LogP) is 3.57. The fraction of sp³-hybridized carbons (Fsp3) is 0.125. The molecule has 0 aliphatic carbocycles. The third-order valence-corrected chi connectivity index (χ3v) is 5.71. The van der Waals surface area contributed by atoms with Gasteiger partial charge in [-0.2, -0.15) is 15.2 Å². The molecule has 0 bridgehead atoms. The van der Waals surface area contributed by atoms with Gasteiger partial charge in [-0.15, -0.1) is 0 Å². The molecule has 0 N–H and O–H groups in total. The van der Waals surface area contributed by atoms with Crippen molar-refractivity contribution in [3.05, 3.63) is 105 Å². The van der Waals surface area contributed by atoms with Crippen LogP contribution in [0.15, 0.2) is 71.8 Å². The Hall–Kier alpha value is -4.33. The Labute approximate surface area is 182 Å². The van der Waals surface area contributed by atoms with Gasteiger partial charge in [0.25, 0.3) is 5.56 Å². The summed E-state index contributed by atoms with van der Waals surface area (Å²) in [5, 5.41) is 9.14. The third-order valence-electron chi connectivity index (χ3n) is 5.71. The van der Waals surface area contributed by atoms with E-state index >= 15 is 0 Å². The summed E-state index contributed by atoms with van der Waals surface area (Å²) in [5.74, 6) is 0.725. The van der Waals surface area contributed by atoms with Crippen molar-refractivity contribution in [1.82, 2.24) is 29.4 Å². The summed E-state index contributed by atoms with van der Waals surface area (Å²) in [6.07, 6.45) is 1.52. The Balaban J connectivity index is 1.69. The molecule has 5 aromatic rings. The maximum atomic E-state index is 12.4. The zero-order valence-corrected chi connectivity index (χ0v) is 17.4. The van der Waals surface area contributed by atoms with Crippen molar-refractivity contribution >= 4 is 5.65 Å². The lowest BCUT2D eigenvalue weighted by molar-refractivity contribution is 0.402. The molecule has 1 aliphatic rings. The number of para-hydroxylation sites is 1. The van der Waals surface area contributed by atoms with Gasteiger partial charge in [-0.05, 0) is 31.5 Å². The number of nitrogens with zero attached hydrogens (tertiary/aromatic N) is 6. The molecule has 32 heavy (non-hydrogen) atoms. The molecule has 8 nitrogen and oxygen atoms in total. The molecule has 6 rings (SSSR count). The number of rotatable bonds is 2. The molecule has 0 saturated carbocycles. The van der Waals surface area contributed by atoms with E-state index in [1.165, 1.54) is 10.8 Å². The molecule has 1 aliphatic heterocycles. The van der Waals surface area contributed by atoms with Crippen LogP contribution in [0, 0.1) is 13.8 Å². The van der Waals surface area contributed by atoms with Gasteiger partial charge in [0.05, 0.1) is 28.4 Å². The highest BCUT2D eigenvalue weighted by molar-refractivity contribution is 5.66. The van der Waals surface area contributed by atoms with Crippen LogP contribution in [0.25, 0.3) is 11.3 Å². The van der Waals surface area contributed by atoms with Crippen molar-refractivity contribution in [3.63, 3.8) is 0 Å². The van der Waals surface area contributed by atoms with Crippen molar-refractivity contribution in [2.45, 2.75) is 19.8 Å². The topological polar surface area (TPSA) is 87.2 Å². The van der Waals surface area contributed by atoms with Crippen molar-refractivity contribution in [1.29, 1.82) is 0 Å². The average Bonchev–Trinajstić information content (AvgIpc) is 3.15. The molecule has 4 heterocycles. The summed E-state index contributed by atoms with van der Waals surface area (Å²) in [4.78, 5) is 21.3. The maximum Gasteiger partial charge on any atom is 0.294 e. The van der Waals surface area contributed by atoms with Gasteiger partial charge in [0.1, 0.15) is 12.0 Å². The number of aromatic nitrogens is 6. The van der Waals surface area contributed by atoms with E-state index in [-0.39, 0.29) is 11.5 Å². The Morgan fingerprint density at radius 3 is 2.34 bits per heavy atom. The van der Waals surface area contributed by atoms with Crippen LogP contribution in [0.2, 0.25) is 0 Å². The van der Waals surface area contributed by atoms with Gasteiger partial charge in [-0.25, -0.2) is 14.2 Å². The van der Waals surface area contributed by atoms with E-state index in [9.17, 15) is 4.79 Å². The highest BCUT2D eigenvalue weighted by atomic mass is 16.5. The second kappa shape index (κ2) is 6.84. The van der Waals surface area contributed by atoms with E-state index in [1.807, 2.05) is 67.6 Å². The lowest BCUT2D eigenvalue weighted by Gasteiger charge is -2.26. The highest BCUT2D eigenvalue weighted by Crippen LogP contribution is 2.49. The number of benzene rings is 2. The zero-order valence-electron chi connectivity index (χ0n) is 17.4. The van der Waals surface area contributed by atoms with Crippen LogP contribution < -0.4 is 10.3 Å². The standard InChI is InChI=1S/C24H18N6O2/c1-14-18-19(16-9-5-3-6-10-16)20-21-26-22(31)15(2)27-29(21)13-25-23(20)32-24(18)30(28-14)17-11-7-4-8-12-17/h3-13,19H,1-2H3/t19-/m1/s1. The Bertz CT molecular complexity index is 1540. The average molecular weight is 422 g/mol. The highest BCUT2D eigenvalue weighted by Gasteiger charge is 2.37. The van der Waals surface area contributed by atoms with Crippen LogP contribution in [0.3, 0.4) is 0 Å². The van der Waals surface area contributed by atoms with Gasteiger partial charge >= 0.3 is 0 Å². The van der Waals surface area contributed by atoms with Gasteiger partial charge in [0.15, 0.2) is 5.65 Å². The predicted molar refractivity (Wildman–Crippen MR) is 118 cm³/mol. The Morgan fingerprint density at radius 1 is 0.875 bits per heavy atom. The monoisotopic (exact) mass is 422 g/mol. The van der Waals surface area contributed by atoms with Crippen molar-refractivity contribution in [2.75, 3.05) is 0 Å². The molecule has 2 aromatic carbocycles. The summed E-state index contributed by atoms with van der Waals surface area (Å²) in [7, 11) is 0. The zero-order chi connectivity index (χ0) is 21.8. The fourth-order valence-electron chi connectivity index (χ4n) is 4.26. The minimum Gasteiger partial charge on any atom is -0.420 e. The molecule has 8 heteroatoms. The van der Waals surface area contributed by atoms with Crippen molar-refractivity contribution < 1.29 is 4.74 Å². The number of ether oxygens (including phenoxy) is 1. The van der Waals surface area contributed by atoms with Crippen LogP contribution >= 0.6 is 0 Å². The van der Waals surface area contributed by atoms with E-state index in [0.29, 0.717) is 28.7 Å². The minimum absolute atomic E-state index is 0.271. The first kappa shape index (κ1) is 18.4. The van der Waals surface area contributed by atoms with Gasteiger partial charge in [-0.3, -0.25) is 4.79 Å². The van der Waals surface area contributed by atoms with E-state index in [2.05, 4.69) is 15.1 Å². The normalized spacial score (nSPS) is 14.6. The number of fused-ring (bicyclic) bond motifs is 4. The van der Waals surface area contributed by atoms with E-state index < -0.39 is 0 Å². The molecule has 0 fully saturated rings. The van der Waals surface area contributed by atoms with Crippen LogP contribution in [-0.2, 0) is 0 Å². The lowest BCUT2D eigenvalue weighted by Crippen LogP contribution is -2.22. The summed E-state index contributed by atoms with van der Waals surface area (Å²) in [5.41, 5.74) is 4.73. The van der Waals surface area contributed by atoms with Gasteiger partial charge in [-0.1, -0.05) is 48.5 Å². The number of aryl methyl sites for hydroxylation is 2. The lowest BCUT2D eigenvalue weighted by atomic mass is 9.84. The number of hydrogen-bond donors (Lipinski definition) is 0. The summed E-state index contributed by atoms with van der Waals surface area (Å²) in [6, 6.07) is 19.9. The largest absolute Gasteiger partial charge is 0.420 e. The van der Waals surface area contributed by atoms with Crippen LogP contribution in [0.4, 0.5) is 0 Å². The van der Waals surface area contributed by atoms with Crippen molar-refractivity contribution in [3.8, 4) is 17.4 Å². The van der Waals surface area contributed by atoms with Gasteiger partial charge in [0.2, 0.25) is 11.8 Å².